The molecule has 1 aliphatic rings. The van der Waals surface area contributed by atoms with E-state index in [-0.39, 0.29) is 0 Å². The summed E-state index contributed by atoms with van der Waals surface area (Å²) in [5.41, 5.74) is 1.48. The van der Waals surface area contributed by atoms with Crippen LogP contribution in [0.5, 0.6) is 0 Å². The van der Waals surface area contributed by atoms with Crippen LogP contribution in [0.3, 0.4) is 0 Å². The summed E-state index contributed by atoms with van der Waals surface area (Å²) < 4.78 is 2.87. The summed E-state index contributed by atoms with van der Waals surface area (Å²) in [6, 6.07) is 16.3. The Balaban J connectivity index is 1.68. The van der Waals surface area contributed by atoms with Crippen molar-refractivity contribution in [3.05, 3.63) is 48.0 Å². The molecule has 1 saturated heterocycles. The van der Waals surface area contributed by atoms with Crippen molar-refractivity contribution in [1.29, 1.82) is 0 Å². The average Bonchev–Trinajstić information content (AvgIpc) is 3.12. The van der Waals surface area contributed by atoms with Crippen LogP contribution in [-0.4, -0.2) is 43.0 Å². The van der Waals surface area contributed by atoms with Crippen molar-refractivity contribution in [2.75, 3.05) is 27.2 Å². The van der Waals surface area contributed by atoms with Gasteiger partial charge in [0.25, 0.3) is 0 Å². The summed E-state index contributed by atoms with van der Waals surface area (Å²) in [6.07, 6.45) is 1.29. The number of nitrogens with zero attached hydrogens (tertiary/aromatic N) is 2. The number of fused-ring (bicyclic) bond motifs is 3. The maximum Gasteiger partial charge on any atom is 0.0400 e. The summed E-state index contributed by atoms with van der Waals surface area (Å²) in [5.74, 6) is 0. The van der Waals surface area contributed by atoms with Crippen molar-refractivity contribution in [1.82, 2.24) is 9.80 Å². The number of hydrogen-bond donors (Lipinski definition) is 0. The lowest BCUT2D eigenvalue weighted by Crippen LogP contribution is -2.31. The highest BCUT2D eigenvalue weighted by Crippen LogP contribution is 2.36. The van der Waals surface area contributed by atoms with Crippen LogP contribution in [0.2, 0.25) is 0 Å². The zero-order valence-corrected chi connectivity index (χ0v) is 14.1. The lowest BCUT2D eigenvalue weighted by atomic mass is 10.1. The van der Waals surface area contributed by atoms with Crippen LogP contribution in [0.15, 0.2) is 42.5 Å². The predicted octanol–water partition coefficient (Wildman–Crippen LogP) is 4.19. The Morgan fingerprint density at radius 1 is 1.09 bits per heavy atom. The van der Waals surface area contributed by atoms with Gasteiger partial charge in [-0.1, -0.05) is 36.4 Å². The minimum Gasteiger partial charge on any atom is -0.305 e. The van der Waals surface area contributed by atoms with Crippen molar-refractivity contribution in [3.63, 3.8) is 0 Å². The second kappa shape index (κ2) is 5.65. The van der Waals surface area contributed by atoms with E-state index in [0.29, 0.717) is 6.04 Å². The SMILES string of the molecule is CN(C)[C@H]1CCN(Cc2cccc3c2sc2ccccc23)C1. The Morgan fingerprint density at radius 2 is 1.91 bits per heavy atom. The number of thiophene rings is 1. The zero-order valence-electron chi connectivity index (χ0n) is 13.2. The van der Waals surface area contributed by atoms with Crippen LogP contribution < -0.4 is 0 Å². The fourth-order valence-electron chi connectivity index (χ4n) is 3.55. The molecule has 0 spiro atoms. The minimum atomic E-state index is 0.710. The Hall–Kier alpha value is -1.42. The van der Waals surface area contributed by atoms with Gasteiger partial charge in [0.15, 0.2) is 0 Å². The molecule has 0 N–H and O–H groups in total. The third-order valence-corrected chi connectivity index (χ3v) is 6.12. The number of likely N-dealkylation sites (N-methyl/N-ethyl adjacent to an activating group) is 1. The van der Waals surface area contributed by atoms with E-state index in [2.05, 4.69) is 66.4 Å². The van der Waals surface area contributed by atoms with Gasteiger partial charge in [-0.2, -0.15) is 0 Å². The highest BCUT2D eigenvalue weighted by atomic mass is 32.1. The molecule has 2 aromatic carbocycles. The maximum atomic E-state index is 2.60. The second-order valence-electron chi connectivity index (χ2n) is 6.53. The summed E-state index contributed by atoms with van der Waals surface area (Å²) in [6.45, 7) is 3.48. The number of benzene rings is 2. The third-order valence-electron chi connectivity index (χ3n) is 4.86. The molecule has 1 aliphatic heterocycles. The van der Waals surface area contributed by atoms with Gasteiger partial charge in [-0.15, -0.1) is 11.3 Å². The Kier molecular flexibility index (Phi) is 3.65. The van der Waals surface area contributed by atoms with Gasteiger partial charge in [-0.25, -0.2) is 0 Å². The van der Waals surface area contributed by atoms with E-state index in [1.165, 1.54) is 45.2 Å². The summed E-state index contributed by atoms with van der Waals surface area (Å²) in [7, 11) is 4.39. The smallest absolute Gasteiger partial charge is 0.0400 e. The van der Waals surface area contributed by atoms with Gasteiger partial charge in [-0.3, -0.25) is 4.90 Å². The molecule has 1 aromatic heterocycles. The molecule has 3 aromatic rings. The van der Waals surface area contributed by atoms with Crippen LogP contribution in [0.1, 0.15) is 12.0 Å². The van der Waals surface area contributed by atoms with Gasteiger partial charge in [0.1, 0.15) is 0 Å². The Morgan fingerprint density at radius 3 is 2.73 bits per heavy atom. The van der Waals surface area contributed by atoms with Crippen LogP contribution in [0.25, 0.3) is 20.2 Å². The average molecular weight is 310 g/mol. The van der Waals surface area contributed by atoms with Crippen molar-refractivity contribution in [2.45, 2.75) is 19.0 Å². The quantitative estimate of drug-likeness (QED) is 0.716. The predicted molar refractivity (Wildman–Crippen MR) is 96.7 cm³/mol. The molecule has 4 rings (SSSR count). The van der Waals surface area contributed by atoms with Crippen LogP contribution >= 0.6 is 11.3 Å². The van der Waals surface area contributed by atoms with E-state index in [1.54, 1.807) is 0 Å². The van der Waals surface area contributed by atoms with Crippen molar-refractivity contribution in [3.8, 4) is 0 Å². The standard InChI is InChI=1S/C19H22N2S/c1-20(2)15-10-11-21(13-15)12-14-6-5-8-17-16-7-3-4-9-18(16)22-19(14)17/h3-9,15H,10-13H2,1-2H3/t15-/m0/s1. The first-order valence-electron chi connectivity index (χ1n) is 8.00. The van der Waals surface area contributed by atoms with Gasteiger partial charge in [0, 0.05) is 45.8 Å². The van der Waals surface area contributed by atoms with Gasteiger partial charge in [0.2, 0.25) is 0 Å². The minimum absolute atomic E-state index is 0.710. The summed E-state index contributed by atoms with van der Waals surface area (Å²) in [5, 5.41) is 2.82. The van der Waals surface area contributed by atoms with E-state index in [4.69, 9.17) is 0 Å². The molecule has 0 radical (unpaired) electrons. The van der Waals surface area contributed by atoms with E-state index in [1.807, 2.05) is 11.3 Å². The van der Waals surface area contributed by atoms with Crippen LogP contribution in [0.4, 0.5) is 0 Å². The Labute approximate surface area is 136 Å². The molecule has 22 heavy (non-hydrogen) atoms. The second-order valence-corrected chi connectivity index (χ2v) is 7.59. The molecule has 1 atom stereocenters. The number of rotatable bonds is 3. The summed E-state index contributed by atoms with van der Waals surface area (Å²) >= 11 is 1.94. The molecular formula is C19H22N2S. The lowest BCUT2D eigenvalue weighted by Gasteiger charge is -2.20. The van der Waals surface area contributed by atoms with Gasteiger partial charge < -0.3 is 4.90 Å². The molecule has 3 heteroatoms. The maximum absolute atomic E-state index is 2.60. The van der Waals surface area contributed by atoms with Crippen molar-refractivity contribution < 1.29 is 0 Å². The first-order chi connectivity index (χ1) is 10.7. The molecule has 0 unspecified atom stereocenters. The van der Waals surface area contributed by atoms with E-state index in [9.17, 15) is 0 Å². The molecule has 114 valence electrons. The van der Waals surface area contributed by atoms with Gasteiger partial charge in [-0.05, 0) is 32.1 Å². The molecule has 0 bridgehead atoms. The Bertz CT molecular complexity index is 805. The largest absolute Gasteiger partial charge is 0.305 e. The topological polar surface area (TPSA) is 6.48 Å². The fourth-order valence-corrected chi connectivity index (χ4v) is 4.75. The normalized spacial score (nSPS) is 19.7. The lowest BCUT2D eigenvalue weighted by molar-refractivity contribution is 0.265. The molecule has 2 heterocycles. The molecule has 1 fully saturated rings. The molecule has 0 saturated carbocycles. The third kappa shape index (κ3) is 2.43. The molecule has 0 amide bonds. The number of likely N-dealkylation sites (tertiary alicyclic amines) is 1. The van der Waals surface area contributed by atoms with Gasteiger partial charge >= 0.3 is 0 Å². The number of hydrogen-bond acceptors (Lipinski definition) is 3. The molecule has 2 nitrogen and oxygen atoms in total. The van der Waals surface area contributed by atoms with E-state index >= 15 is 0 Å². The van der Waals surface area contributed by atoms with Crippen molar-refractivity contribution >= 4 is 31.5 Å². The van der Waals surface area contributed by atoms with E-state index in [0.717, 1.165) is 6.54 Å². The van der Waals surface area contributed by atoms with E-state index < -0.39 is 0 Å². The van der Waals surface area contributed by atoms with Crippen molar-refractivity contribution in [2.24, 2.45) is 0 Å². The highest BCUT2D eigenvalue weighted by Gasteiger charge is 2.24. The monoisotopic (exact) mass is 310 g/mol. The van der Waals surface area contributed by atoms with Crippen LogP contribution in [-0.2, 0) is 6.54 Å². The summed E-state index contributed by atoms with van der Waals surface area (Å²) in [4.78, 5) is 4.96. The first-order valence-corrected chi connectivity index (χ1v) is 8.82. The molecule has 0 aliphatic carbocycles. The fraction of sp³-hybridized carbons (Fsp3) is 0.368. The van der Waals surface area contributed by atoms with Crippen LogP contribution in [0, 0.1) is 0 Å². The zero-order chi connectivity index (χ0) is 15.1. The molecular weight excluding hydrogens is 288 g/mol. The first kappa shape index (κ1) is 14.2. The van der Waals surface area contributed by atoms with Gasteiger partial charge in [0.05, 0.1) is 0 Å². The highest BCUT2D eigenvalue weighted by molar-refractivity contribution is 7.26.